The lowest BCUT2D eigenvalue weighted by Gasteiger charge is -2.36. The topological polar surface area (TPSA) is 42.0 Å². The Morgan fingerprint density at radius 1 is 1.04 bits per heavy atom. The van der Waals surface area contributed by atoms with Crippen LogP contribution in [0.3, 0.4) is 0 Å². The molecule has 1 saturated heterocycles. The van der Waals surface area contributed by atoms with E-state index >= 15 is 0 Å². The molecule has 4 rings (SSSR count). The molecule has 3 atom stereocenters. The number of hydrogen-bond acceptors (Lipinski definition) is 4. The minimum atomic E-state index is 0.0725. The lowest BCUT2D eigenvalue weighted by atomic mass is 9.93. The van der Waals surface area contributed by atoms with Gasteiger partial charge in [0.15, 0.2) is 6.61 Å². The van der Waals surface area contributed by atoms with Crippen LogP contribution in [0.5, 0.6) is 11.5 Å². The maximum Gasteiger partial charge on any atom is 0.260 e. The Kier molecular flexibility index (Phi) is 5.16. The molecular weight excluding hydrogens is 328 g/mol. The summed E-state index contributed by atoms with van der Waals surface area (Å²) in [6, 6.07) is 7.33. The molecule has 2 bridgehead atoms. The number of carbonyl (C=O) groups excluding carboxylic acids is 1. The summed E-state index contributed by atoms with van der Waals surface area (Å²) in [4.78, 5) is 16.9. The average Bonchev–Trinajstić information content (AvgIpc) is 3.30. The number of nitrogens with zero attached hydrogens (tertiary/aromatic N) is 2. The number of ether oxygens (including phenoxy) is 2. The SMILES string of the molecule is COc1ccc(OCC(=O)N2CCN(C[C@@H]3C[C@@H]4C=C[C@H]3C4)CC2)cc1. The smallest absolute Gasteiger partial charge is 0.260 e. The highest BCUT2D eigenvalue weighted by atomic mass is 16.5. The molecule has 26 heavy (non-hydrogen) atoms. The van der Waals surface area contributed by atoms with Crippen LogP contribution in [0.25, 0.3) is 0 Å². The standard InChI is InChI=1S/C21H28N2O3/c1-25-19-4-6-20(7-5-19)26-15-21(24)23-10-8-22(9-11-23)14-18-13-16-2-3-17(18)12-16/h2-7,16-18H,8-15H2,1H3/t16-,17+,18+/m1/s1. The molecule has 5 heteroatoms. The van der Waals surface area contributed by atoms with Crippen molar-refractivity contribution in [1.82, 2.24) is 9.80 Å². The van der Waals surface area contributed by atoms with E-state index in [4.69, 9.17) is 9.47 Å². The largest absolute Gasteiger partial charge is 0.497 e. The molecule has 5 nitrogen and oxygen atoms in total. The van der Waals surface area contributed by atoms with Gasteiger partial charge in [-0.15, -0.1) is 0 Å². The van der Waals surface area contributed by atoms with Gasteiger partial charge in [-0.3, -0.25) is 9.69 Å². The highest BCUT2D eigenvalue weighted by Crippen LogP contribution is 2.43. The zero-order valence-electron chi connectivity index (χ0n) is 15.5. The maximum atomic E-state index is 12.4. The molecule has 1 aromatic rings. The molecule has 0 radical (unpaired) electrons. The Bertz CT molecular complexity index is 650. The van der Waals surface area contributed by atoms with Crippen LogP contribution in [0, 0.1) is 17.8 Å². The van der Waals surface area contributed by atoms with Gasteiger partial charge < -0.3 is 14.4 Å². The number of amides is 1. The Labute approximate surface area is 155 Å². The number of fused-ring (bicyclic) bond motifs is 2. The second-order valence-corrected chi connectivity index (χ2v) is 7.69. The Hall–Kier alpha value is -2.01. The van der Waals surface area contributed by atoms with Crippen LogP contribution in [0.15, 0.2) is 36.4 Å². The van der Waals surface area contributed by atoms with Crippen LogP contribution < -0.4 is 9.47 Å². The van der Waals surface area contributed by atoms with Crippen molar-refractivity contribution in [2.24, 2.45) is 17.8 Å². The van der Waals surface area contributed by atoms with E-state index in [1.54, 1.807) is 7.11 Å². The van der Waals surface area contributed by atoms with Crippen LogP contribution in [0.2, 0.25) is 0 Å². The fourth-order valence-electron chi connectivity index (χ4n) is 4.52. The maximum absolute atomic E-state index is 12.4. The Morgan fingerprint density at radius 3 is 2.38 bits per heavy atom. The van der Waals surface area contributed by atoms with Gasteiger partial charge in [0.2, 0.25) is 0 Å². The third-order valence-electron chi connectivity index (χ3n) is 6.06. The lowest BCUT2D eigenvalue weighted by Crippen LogP contribution is -2.51. The van der Waals surface area contributed by atoms with Gasteiger partial charge in [0.25, 0.3) is 5.91 Å². The third-order valence-corrected chi connectivity index (χ3v) is 6.06. The first-order valence-corrected chi connectivity index (χ1v) is 9.66. The van der Waals surface area contributed by atoms with Gasteiger partial charge in [0.05, 0.1) is 7.11 Å². The van der Waals surface area contributed by atoms with Crippen molar-refractivity contribution in [2.45, 2.75) is 12.8 Å². The van der Waals surface area contributed by atoms with E-state index in [2.05, 4.69) is 17.1 Å². The van der Waals surface area contributed by atoms with Crippen LogP contribution in [0.1, 0.15) is 12.8 Å². The summed E-state index contributed by atoms with van der Waals surface area (Å²) in [5.74, 6) is 4.02. The Morgan fingerprint density at radius 2 is 1.77 bits per heavy atom. The first-order valence-electron chi connectivity index (χ1n) is 9.66. The van der Waals surface area contributed by atoms with Crippen molar-refractivity contribution in [3.05, 3.63) is 36.4 Å². The molecule has 0 spiro atoms. The second-order valence-electron chi connectivity index (χ2n) is 7.69. The van der Waals surface area contributed by atoms with E-state index in [1.165, 1.54) is 19.4 Å². The van der Waals surface area contributed by atoms with Crippen molar-refractivity contribution in [1.29, 1.82) is 0 Å². The molecule has 2 aliphatic carbocycles. The summed E-state index contributed by atoms with van der Waals surface area (Å²) < 4.78 is 10.7. The molecule has 2 fully saturated rings. The molecule has 0 aromatic heterocycles. The number of piperazine rings is 1. The molecular formula is C21H28N2O3. The quantitative estimate of drug-likeness (QED) is 0.734. The van der Waals surface area contributed by atoms with E-state index in [1.807, 2.05) is 29.2 Å². The Balaban J connectivity index is 1.19. The van der Waals surface area contributed by atoms with Crippen LogP contribution in [0.4, 0.5) is 0 Å². The highest BCUT2D eigenvalue weighted by molar-refractivity contribution is 5.77. The zero-order chi connectivity index (χ0) is 17.9. The summed E-state index contributed by atoms with van der Waals surface area (Å²) in [7, 11) is 1.63. The molecule has 0 N–H and O–H groups in total. The van der Waals surface area contributed by atoms with Gasteiger partial charge in [-0.05, 0) is 54.9 Å². The van der Waals surface area contributed by atoms with Crippen LogP contribution in [-0.2, 0) is 4.79 Å². The minimum Gasteiger partial charge on any atom is -0.497 e. The average molecular weight is 356 g/mol. The summed E-state index contributed by atoms with van der Waals surface area (Å²) in [6.45, 7) is 4.86. The molecule has 1 heterocycles. The second kappa shape index (κ2) is 7.70. The fourth-order valence-corrected chi connectivity index (χ4v) is 4.52. The third kappa shape index (κ3) is 3.88. The number of carbonyl (C=O) groups is 1. The number of rotatable bonds is 6. The zero-order valence-corrected chi connectivity index (χ0v) is 15.5. The number of methoxy groups -OCH3 is 1. The van der Waals surface area contributed by atoms with Crippen LogP contribution >= 0.6 is 0 Å². The number of allylic oxidation sites excluding steroid dienone is 2. The number of hydrogen-bond donors (Lipinski definition) is 0. The predicted octanol–water partition coefficient (Wildman–Crippen LogP) is 2.43. The van der Waals surface area contributed by atoms with Crippen molar-refractivity contribution < 1.29 is 14.3 Å². The normalized spacial score (nSPS) is 27.7. The summed E-state index contributed by atoms with van der Waals surface area (Å²) >= 11 is 0. The molecule has 1 saturated carbocycles. The molecule has 3 aliphatic rings. The molecule has 140 valence electrons. The van der Waals surface area contributed by atoms with Gasteiger partial charge in [-0.2, -0.15) is 0 Å². The van der Waals surface area contributed by atoms with Crippen molar-refractivity contribution >= 4 is 5.91 Å². The summed E-state index contributed by atoms with van der Waals surface area (Å²) in [5, 5.41) is 0. The first kappa shape index (κ1) is 17.4. The minimum absolute atomic E-state index is 0.0725. The van der Waals surface area contributed by atoms with E-state index in [0.29, 0.717) is 5.75 Å². The van der Waals surface area contributed by atoms with E-state index in [9.17, 15) is 4.79 Å². The number of benzene rings is 1. The monoisotopic (exact) mass is 356 g/mol. The van der Waals surface area contributed by atoms with Crippen molar-refractivity contribution in [2.75, 3.05) is 46.4 Å². The van der Waals surface area contributed by atoms with Crippen molar-refractivity contribution in [3.63, 3.8) is 0 Å². The van der Waals surface area contributed by atoms with E-state index in [0.717, 1.165) is 49.7 Å². The van der Waals surface area contributed by atoms with Gasteiger partial charge in [-0.25, -0.2) is 0 Å². The van der Waals surface area contributed by atoms with Gasteiger partial charge in [0, 0.05) is 32.7 Å². The van der Waals surface area contributed by atoms with Gasteiger partial charge in [0.1, 0.15) is 11.5 Å². The lowest BCUT2D eigenvalue weighted by molar-refractivity contribution is -0.135. The van der Waals surface area contributed by atoms with Gasteiger partial charge in [-0.1, -0.05) is 12.2 Å². The summed E-state index contributed by atoms with van der Waals surface area (Å²) in [5.41, 5.74) is 0. The fraction of sp³-hybridized carbons (Fsp3) is 0.571. The van der Waals surface area contributed by atoms with Crippen LogP contribution in [-0.4, -0.2) is 62.1 Å². The predicted molar refractivity (Wildman–Crippen MR) is 100 cm³/mol. The molecule has 1 amide bonds. The molecule has 1 aromatic carbocycles. The van der Waals surface area contributed by atoms with E-state index in [-0.39, 0.29) is 12.5 Å². The molecule has 0 unspecified atom stereocenters. The first-order chi connectivity index (χ1) is 12.7. The molecule has 1 aliphatic heterocycles. The van der Waals surface area contributed by atoms with E-state index < -0.39 is 0 Å². The summed E-state index contributed by atoms with van der Waals surface area (Å²) in [6.07, 6.45) is 7.55. The van der Waals surface area contributed by atoms with Gasteiger partial charge >= 0.3 is 0 Å². The highest BCUT2D eigenvalue weighted by Gasteiger charge is 2.36. The van der Waals surface area contributed by atoms with Crippen molar-refractivity contribution in [3.8, 4) is 11.5 Å².